The highest BCUT2D eigenvalue weighted by molar-refractivity contribution is 6.31. The second-order valence-corrected chi connectivity index (χ2v) is 12.0. The highest BCUT2D eigenvalue weighted by Crippen LogP contribution is 2.47. The molecule has 1 amide bonds. The highest BCUT2D eigenvalue weighted by atomic mass is 35.5. The number of aromatic carboxylic acids is 1. The number of hydrogen-bond acceptors (Lipinski definition) is 4. The van der Waals surface area contributed by atoms with Gasteiger partial charge in [0.2, 0.25) is 11.6 Å². The first kappa shape index (κ1) is 30.6. The van der Waals surface area contributed by atoms with Crippen LogP contribution in [0.25, 0.3) is 22.3 Å². The van der Waals surface area contributed by atoms with Gasteiger partial charge >= 0.3 is 5.97 Å². The lowest BCUT2D eigenvalue weighted by Crippen LogP contribution is -2.37. The summed E-state index contributed by atoms with van der Waals surface area (Å²) in [5.41, 5.74) is 0.718. The lowest BCUT2D eigenvalue weighted by atomic mass is 9.98. The first-order chi connectivity index (χ1) is 21.6. The molecular formula is C33H30ClF3N4O4. The van der Waals surface area contributed by atoms with Crippen molar-refractivity contribution in [3.05, 3.63) is 100.0 Å². The van der Waals surface area contributed by atoms with Gasteiger partial charge in [0.1, 0.15) is 11.9 Å². The van der Waals surface area contributed by atoms with Gasteiger partial charge in [-0.25, -0.2) is 18.0 Å². The number of nitrogens with zero attached hydrogens (tertiary/aromatic N) is 4. The van der Waals surface area contributed by atoms with Gasteiger partial charge in [0.15, 0.2) is 6.20 Å². The smallest absolute Gasteiger partial charge is 0.335 e. The van der Waals surface area contributed by atoms with Crippen molar-refractivity contribution in [1.29, 1.82) is 0 Å². The fraction of sp³-hybridized carbons (Fsp3) is 0.333. The summed E-state index contributed by atoms with van der Waals surface area (Å²) in [6.07, 6.45) is 5.58. The van der Waals surface area contributed by atoms with Gasteiger partial charge in [0.05, 0.1) is 22.3 Å². The van der Waals surface area contributed by atoms with Crippen molar-refractivity contribution >= 4 is 23.5 Å². The molecule has 3 heterocycles. The lowest BCUT2D eigenvalue weighted by molar-refractivity contribution is -0.615. The Labute approximate surface area is 262 Å². The summed E-state index contributed by atoms with van der Waals surface area (Å²) in [7, 11) is 0. The molecule has 2 aromatic carbocycles. The predicted octanol–water partition coefficient (Wildman–Crippen LogP) is 6.91. The van der Waals surface area contributed by atoms with E-state index in [4.69, 9.17) is 11.6 Å². The van der Waals surface area contributed by atoms with Crippen LogP contribution in [0.1, 0.15) is 66.2 Å². The Balaban J connectivity index is 1.33. The zero-order chi connectivity index (χ0) is 31.8. The minimum absolute atomic E-state index is 0.00223. The molecule has 1 saturated carbocycles. The van der Waals surface area contributed by atoms with Gasteiger partial charge in [-0.3, -0.25) is 9.48 Å². The normalized spacial score (nSPS) is 18.6. The summed E-state index contributed by atoms with van der Waals surface area (Å²) in [5.74, 6) is -2.11. The van der Waals surface area contributed by atoms with Crippen LogP contribution in [-0.4, -0.2) is 44.8 Å². The number of carboxylic acids is 1. The van der Waals surface area contributed by atoms with Gasteiger partial charge in [0.25, 0.3) is 6.43 Å². The van der Waals surface area contributed by atoms with E-state index >= 15 is 0 Å². The molecule has 2 aromatic heterocycles. The Morgan fingerprint density at radius 2 is 1.73 bits per heavy atom. The second kappa shape index (κ2) is 12.5. The van der Waals surface area contributed by atoms with Crippen molar-refractivity contribution in [2.75, 3.05) is 13.1 Å². The van der Waals surface area contributed by atoms with E-state index in [9.17, 15) is 33.1 Å². The second-order valence-electron chi connectivity index (χ2n) is 11.6. The molecular weight excluding hydrogens is 609 g/mol. The van der Waals surface area contributed by atoms with Gasteiger partial charge in [-0.15, -0.1) is 0 Å². The van der Waals surface area contributed by atoms with Crippen molar-refractivity contribution in [3.63, 3.8) is 0 Å². The fourth-order valence-corrected chi connectivity index (χ4v) is 6.37. The zero-order valence-electron chi connectivity index (χ0n) is 24.1. The van der Waals surface area contributed by atoms with Crippen molar-refractivity contribution < 1.29 is 32.6 Å². The number of halogens is 4. The van der Waals surface area contributed by atoms with Crippen molar-refractivity contribution in [1.82, 2.24) is 14.7 Å². The van der Waals surface area contributed by atoms with Crippen molar-refractivity contribution in [3.8, 4) is 22.3 Å². The molecule has 2 aliphatic rings. The van der Waals surface area contributed by atoms with Crippen LogP contribution in [0.4, 0.5) is 13.2 Å². The first-order valence-corrected chi connectivity index (χ1v) is 15.2. The predicted molar refractivity (Wildman–Crippen MR) is 160 cm³/mol. The van der Waals surface area contributed by atoms with E-state index in [1.54, 1.807) is 29.2 Å². The van der Waals surface area contributed by atoms with Crippen LogP contribution in [0.5, 0.6) is 0 Å². The van der Waals surface area contributed by atoms with Crippen LogP contribution in [0.2, 0.25) is 5.02 Å². The Kier molecular flexibility index (Phi) is 8.54. The molecule has 1 aliphatic carbocycles. The lowest BCUT2D eigenvalue weighted by Gasteiger charge is -2.27. The van der Waals surface area contributed by atoms with E-state index in [0.29, 0.717) is 23.1 Å². The quantitative estimate of drug-likeness (QED) is 0.159. The average Bonchev–Trinajstić information content (AvgIpc) is 3.64. The Morgan fingerprint density at radius 1 is 1.02 bits per heavy atom. The van der Waals surface area contributed by atoms with Gasteiger partial charge in [-0.05, 0) is 67.9 Å². The number of pyridine rings is 1. The van der Waals surface area contributed by atoms with Crippen LogP contribution in [0.3, 0.4) is 0 Å². The Hall–Kier alpha value is -4.38. The number of benzene rings is 2. The number of carbonyl (C=O) groups is 2. The van der Waals surface area contributed by atoms with E-state index in [2.05, 4.69) is 5.10 Å². The molecule has 1 aliphatic heterocycles. The molecule has 12 heteroatoms. The van der Waals surface area contributed by atoms with Gasteiger partial charge in [0, 0.05) is 48.0 Å². The van der Waals surface area contributed by atoms with Crippen LogP contribution < -0.4 is 4.73 Å². The maximum absolute atomic E-state index is 15.0. The van der Waals surface area contributed by atoms with Crippen LogP contribution in [0, 0.1) is 22.9 Å². The van der Waals surface area contributed by atoms with Gasteiger partial charge in [-0.1, -0.05) is 29.8 Å². The third kappa shape index (κ3) is 6.26. The van der Waals surface area contributed by atoms with Crippen LogP contribution >= 0.6 is 11.6 Å². The highest BCUT2D eigenvalue weighted by Gasteiger charge is 2.47. The van der Waals surface area contributed by atoms with E-state index in [1.807, 2.05) is 4.90 Å². The molecule has 0 spiro atoms. The maximum atomic E-state index is 15.0. The molecule has 1 N–H and O–H groups in total. The largest absolute Gasteiger partial charge is 0.618 e. The van der Waals surface area contributed by atoms with Gasteiger partial charge in [-0.2, -0.15) is 9.83 Å². The monoisotopic (exact) mass is 638 g/mol. The third-order valence-electron chi connectivity index (χ3n) is 8.76. The Morgan fingerprint density at radius 3 is 2.40 bits per heavy atom. The third-order valence-corrected chi connectivity index (χ3v) is 9.05. The van der Waals surface area contributed by atoms with Gasteiger partial charge < -0.3 is 15.2 Å². The molecule has 1 unspecified atom stereocenters. The molecule has 45 heavy (non-hydrogen) atoms. The molecule has 4 aromatic rings. The maximum Gasteiger partial charge on any atom is 0.335 e. The fourth-order valence-electron chi connectivity index (χ4n) is 6.21. The summed E-state index contributed by atoms with van der Waals surface area (Å²) in [6, 6.07) is 10.6. The number of carboxylic acid groups (broad SMARTS) is 1. The molecule has 6 rings (SSSR count). The summed E-state index contributed by atoms with van der Waals surface area (Å²) < 4.78 is 44.7. The number of piperidine rings is 1. The number of amides is 1. The first-order valence-electron chi connectivity index (χ1n) is 14.8. The number of aromatic nitrogens is 3. The molecule has 1 saturated heterocycles. The Bertz CT molecular complexity index is 1740. The minimum Gasteiger partial charge on any atom is -0.618 e. The summed E-state index contributed by atoms with van der Waals surface area (Å²) >= 11 is 5.90. The standard InChI is InChI=1S/C33H30ClF3N4O4/c34-26-10-9-24(31(36)37)29(30(26)35)21-8-11-27(41(45)18-21)28(15-22-14-25(22)32(42)39-12-2-1-3-13-39)40-17-23(16-38-40)19-4-6-20(7-5-19)33(43)44/h4-11,16-18,22,25,28,31H,1-3,12-15H2,(H,43,44)/t22?,25-,28+/m1/s1. The number of hydrogen-bond donors (Lipinski definition) is 1. The van der Waals surface area contributed by atoms with Crippen LogP contribution in [-0.2, 0) is 4.79 Å². The molecule has 8 nitrogen and oxygen atoms in total. The van der Waals surface area contributed by atoms with E-state index in [-0.39, 0.29) is 39.6 Å². The molecule has 0 bridgehead atoms. The van der Waals surface area contributed by atoms with Crippen molar-refractivity contribution in [2.45, 2.75) is 44.6 Å². The SMILES string of the molecule is O=C(O)c1ccc(-c2cnn([C@@H](CC3C[C@H]3C(=O)N3CCCCC3)c3ccc(-c4c(C(F)F)ccc(Cl)c4F)c[n+]3[O-])c2)cc1. The summed E-state index contributed by atoms with van der Waals surface area (Å²) in [4.78, 5) is 26.4. The number of carbonyl (C=O) groups excluding carboxylic acids is 1. The number of likely N-dealkylation sites (tertiary alicyclic amines) is 1. The van der Waals surface area contributed by atoms with Crippen molar-refractivity contribution in [2.24, 2.45) is 11.8 Å². The van der Waals surface area contributed by atoms with E-state index in [0.717, 1.165) is 56.2 Å². The molecule has 2 fully saturated rings. The molecule has 234 valence electrons. The number of alkyl halides is 2. The summed E-state index contributed by atoms with van der Waals surface area (Å²) in [5, 5.41) is 27.0. The average molecular weight is 639 g/mol. The minimum atomic E-state index is -2.99. The van der Waals surface area contributed by atoms with Crippen LogP contribution in [0.15, 0.2) is 67.1 Å². The van der Waals surface area contributed by atoms with E-state index in [1.165, 1.54) is 24.3 Å². The number of rotatable bonds is 9. The topological polar surface area (TPSA) is 102 Å². The molecule has 3 atom stereocenters. The van der Waals surface area contributed by atoms with E-state index < -0.39 is 35.4 Å². The summed E-state index contributed by atoms with van der Waals surface area (Å²) in [6.45, 7) is 1.49. The molecule has 0 radical (unpaired) electrons. The zero-order valence-corrected chi connectivity index (χ0v) is 24.8.